The van der Waals surface area contributed by atoms with Gasteiger partial charge < -0.3 is 9.64 Å². The molecular formula is C20H20N4O2. The summed E-state index contributed by atoms with van der Waals surface area (Å²) in [5.74, 6) is 1.73. The van der Waals surface area contributed by atoms with E-state index >= 15 is 0 Å². The largest absolute Gasteiger partial charge is 0.493 e. The average molecular weight is 348 g/mol. The fourth-order valence-electron chi connectivity index (χ4n) is 4.18. The minimum Gasteiger partial charge on any atom is -0.493 e. The number of carbonyl (C=O) groups is 1. The smallest absolute Gasteiger partial charge is 0.231 e. The number of pyridine rings is 1. The van der Waals surface area contributed by atoms with Crippen LogP contribution in [0.25, 0.3) is 5.65 Å². The van der Waals surface area contributed by atoms with Crippen LogP contribution in [-0.2, 0) is 4.79 Å². The van der Waals surface area contributed by atoms with Crippen molar-refractivity contribution in [3.05, 3.63) is 60.0 Å². The molecule has 132 valence electrons. The van der Waals surface area contributed by atoms with E-state index in [4.69, 9.17) is 4.74 Å². The van der Waals surface area contributed by atoms with Gasteiger partial charge >= 0.3 is 0 Å². The zero-order chi connectivity index (χ0) is 17.5. The van der Waals surface area contributed by atoms with Gasteiger partial charge in [-0.3, -0.25) is 9.20 Å². The molecule has 2 aliphatic rings. The summed E-state index contributed by atoms with van der Waals surface area (Å²) in [5.41, 5.74) is 1.82. The highest BCUT2D eigenvalue weighted by molar-refractivity contribution is 5.85. The Kier molecular flexibility index (Phi) is 3.62. The Balaban J connectivity index is 1.49. The second-order valence-electron chi connectivity index (χ2n) is 6.90. The zero-order valence-corrected chi connectivity index (χ0v) is 14.4. The molecule has 1 saturated heterocycles. The van der Waals surface area contributed by atoms with E-state index in [-0.39, 0.29) is 17.9 Å². The van der Waals surface area contributed by atoms with Gasteiger partial charge in [-0.05, 0) is 37.5 Å². The van der Waals surface area contributed by atoms with E-state index in [0.717, 1.165) is 48.6 Å². The highest BCUT2D eigenvalue weighted by Gasteiger charge is 2.38. The number of hydrogen-bond acceptors (Lipinski definition) is 4. The van der Waals surface area contributed by atoms with Crippen molar-refractivity contribution in [3.8, 4) is 5.75 Å². The lowest BCUT2D eigenvalue weighted by Gasteiger charge is -2.31. The van der Waals surface area contributed by atoms with Crippen molar-refractivity contribution in [2.45, 2.75) is 31.2 Å². The van der Waals surface area contributed by atoms with E-state index in [2.05, 4.69) is 10.2 Å². The second-order valence-corrected chi connectivity index (χ2v) is 6.90. The van der Waals surface area contributed by atoms with E-state index in [1.807, 2.05) is 58.0 Å². The molecule has 0 unspecified atom stereocenters. The van der Waals surface area contributed by atoms with Crippen LogP contribution in [0.5, 0.6) is 5.75 Å². The molecule has 6 nitrogen and oxygen atoms in total. The van der Waals surface area contributed by atoms with Gasteiger partial charge in [-0.25, -0.2) is 0 Å². The SMILES string of the molecule is O=C([C@@H]1CCOc2ccccc21)N1CCC[C@H]1c1nnc2ccccn12. The predicted octanol–water partition coefficient (Wildman–Crippen LogP) is 2.96. The molecular weight excluding hydrogens is 328 g/mol. The second kappa shape index (κ2) is 6.12. The third-order valence-corrected chi connectivity index (χ3v) is 5.43. The third-order valence-electron chi connectivity index (χ3n) is 5.43. The number of likely N-dealkylation sites (tertiary alicyclic amines) is 1. The molecule has 3 aromatic rings. The normalized spacial score (nSPS) is 22.2. The van der Waals surface area contributed by atoms with E-state index in [1.54, 1.807) is 0 Å². The lowest BCUT2D eigenvalue weighted by Crippen LogP contribution is -2.37. The van der Waals surface area contributed by atoms with Crippen LogP contribution < -0.4 is 4.74 Å². The van der Waals surface area contributed by atoms with Crippen molar-refractivity contribution < 1.29 is 9.53 Å². The molecule has 2 aromatic heterocycles. The first-order valence-corrected chi connectivity index (χ1v) is 9.15. The summed E-state index contributed by atoms with van der Waals surface area (Å²) < 4.78 is 7.72. The summed E-state index contributed by atoms with van der Waals surface area (Å²) in [6.45, 7) is 1.35. The summed E-state index contributed by atoms with van der Waals surface area (Å²) in [7, 11) is 0. The fraction of sp³-hybridized carbons (Fsp3) is 0.350. The van der Waals surface area contributed by atoms with E-state index in [9.17, 15) is 4.79 Å². The third kappa shape index (κ3) is 2.36. The summed E-state index contributed by atoms with van der Waals surface area (Å²) in [6.07, 6.45) is 4.60. The molecule has 0 saturated carbocycles. The van der Waals surface area contributed by atoms with Crippen LogP contribution in [0.1, 0.15) is 42.6 Å². The molecule has 26 heavy (non-hydrogen) atoms. The number of ether oxygens (including phenoxy) is 1. The molecule has 2 aliphatic heterocycles. The van der Waals surface area contributed by atoms with Crippen molar-refractivity contribution in [2.75, 3.05) is 13.2 Å². The van der Waals surface area contributed by atoms with Gasteiger partial charge in [0.25, 0.3) is 0 Å². The molecule has 1 fully saturated rings. The minimum absolute atomic E-state index is 0.0186. The first kappa shape index (κ1) is 15.4. The maximum absolute atomic E-state index is 13.4. The standard InChI is InChI=1S/C20H20N4O2/c25-20(15-10-13-26-17-8-2-1-6-14(15)17)23-12-5-7-16(23)19-22-21-18-9-3-4-11-24(18)19/h1-4,6,8-9,11,15-16H,5,7,10,12-13H2/t15-,16+/m1/s1. The van der Waals surface area contributed by atoms with E-state index in [1.165, 1.54) is 0 Å². The van der Waals surface area contributed by atoms with Gasteiger partial charge in [0.2, 0.25) is 5.91 Å². The number of fused-ring (bicyclic) bond motifs is 2. The maximum Gasteiger partial charge on any atom is 0.231 e. The molecule has 1 amide bonds. The molecule has 0 aliphatic carbocycles. The molecule has 5 rings (SSSR count). The van der Waals surface area contributed by atoms with Crippen LogP contribution in [0.2, 0.25) is 0 Å². The van der Waals surface area contributed by atoms with Crippen molar-refractivity contribution in [1.29, 1.82) is 0 Å². The number of amides is 1. The monoisotopic (exact) mass is 348 g/mol. The summed E-state index contributed by atoms with van der Waals surface area (Å²) in [5, 5.41) is 8.65. The Bertz CT molecular complexity index is 967. The predicted molar refractivity (Wildman–Crippen MR) is 96.0 cm³/mol. The number of nitrogens with zero attached hydrogens (tertiary/aromatic N) is 4. The first-order valence-electron chi connectivity index (χ1n) is 9.15. The van der Waals surface area contributed by atoms with Gasteiger partial charge in [-0.2, -0.15) is 0 Å². The minimum atomic E-state index is -0.139. The van der Waals surface area contributed by atoms with Gasteiger partial charge in [0.15, 0.2) is 11.5 Å². The molecule has 2 atom stereocenters. The quantitative estimate of drug-likeness (QED) is 0.714. The van der Waals surface area contributed by atoms with Crippen LogP contribution in [0.4, 0.5) is 0 Å². The number of benzene rings is 1. The Morgan fingerprint density at radius 3 is 2.92 bits per heavy atom. The van der Waals surface area contributed by atoms with Crippen LogP contribution in [0.3, 0.4) is 0 Å². The van der Waals surface area contributed by atoms with Crippen molar-refractivity contribution >= 4 is 11.6 Å². The number of aromatic nitrogens is 3. The van der Waals surface area contributed by atoms with Crippen LogP contribution in [0.15, 0.2) is 48.7 Å². The zero-order valence-electron chi connectivity index (χ0n) is 14.4. The molecule has 1 aromatic carbocycles. The first-order chi connectivity index (χ1) is 12.8. The highest BCUT2D eigenvalue weighted by atomic mass is 16.5. The molecule has 0 radical (unpaired) electrons. The highest BCUT2D eigenvalue weighted by Crippen LogP contribution is 2.39. The van der Waals surface area contributed by atoms with Gasteiger partial charge in [0.1, 0.15) is 5.75 Å². The average Bonchev–Trinajstić information content (AvgIpc) is 3.33. The Morgan fingerprint density at radius 2 is 1.96 bits per heavy atom. The number of rotatable bonds is 2. The molecule has 0 N–H and O–H groups in total. The summed E-state index contributed by atoms with van der Waals surface area (Å²) in [6, 6.07) is 13.7. The Labute approximate surface area is 151 Å². The number of hydrogen-bond donors (Lipinski definition) is 0. The lowest BCUT2D eigenvalue weighted by atomic mass is 9.91. The van der Waals surface area contributed by atoms with Crippen molar-refractivity contribution in [3.63, 3.8) is 0 Å². The Hall–Kier alpha value is -2.89. The van der Waals surface area contributed by atoms with Gasteiger partial charge in [-0.15, -0.1) is 10.2 Å². The van der Waals surface area contributed by atoms with Crippen LogP contribution >= 0.6 is 0 Å². The number of para-hydroxylation sites is 1. The lowest BCUT2D eigenvalue weighted by molar-refractivity contribution is -0.134. The van der Waals surface area contributed by atoms with E-state index in [0.29, 0.717) is 6.61 Å². The molecule has 0 bridgehead atoms. The summed E-state index contributed by atoms with van der Waals surface area (Å²) in [4.78, 5) is 15.4. The van der Waals surface area contributed by atoms with Gasteiger partial charge in [0, 0.05) is 18.3 Å². The molecule has 4 heterocycles. The topological polar surface area (TPSA) is 59.7 Å². The van der Waals surface area contributed by atoms with Crippen molar-refractivity contribution in [1.82, 2.24) is 19.5 Å². The van der Waals surface area contributed by atoms with E-state index < -0.39 is 0 Å². The van der Waals surface area contributed by atoms with Gasteiger partial charge in [0.05, 0.1) is 18.6 Å². The van der Waals surface area contributed by atoms with Crippen LogP contribution in [0, 0.1) is 0 Å². The van der Waals surface area contributed by atoms with Gasteiger partial charge in [-0.1, -0.05) is 24.3 Å². The molecule has 6 heteroatoms. The summed E-state index contributed by atoms with van der Waals surface area (Å²) >= 11 is 0. The Morgan fingerprint density at radius 1 is 1.08 bits per heavy atom. The fourth-order valence-corrected chi connectivity index (χ4v) is 4.18. The van der Waals surface area contributed by atoms with Crippen LogP contribution in [-0.4, -0.2) is 38.6 Å². The molecule has 0 spiro atoms. The van der Waals surface area contributed by atoms with Crippen molar-refractivity contribution in [2.24, 2.45) is 0 Å². The number of carbonyl (C=O) groups excluding carboxylic acids is 1. The maximum atomic E-state index is 13.4.